The van der Waals surface area contributed by atoms with E-state index in [-0.39, 0.29) is 17.1 Å². The summed E-state index contributed by atoms with van der Waals surface area (Å²) in [7, 11) is -10.7. The van der Waals surface area contributed by atoms with Gasteiger partial charge in [0.2, 0.25) is 0 Å². The SMILES string of the molecule is F[P-](F)(F)(F)(F)F.[C-]#[O+].[C-]#[O+].[C-]#[O+].[CH]1C=CC=C1.[Fe]. The van der Waals surface area contributed by atoms with E-state index in [1.54, 1.807) is 0 Å². The predicted molar refractivity (Wildman–Crippen MR) is 47.9 cm³/mol. The van der Waals surface area contributed by atoms with Gasteiger partial charge in [-0.2, -0.15) is 0 Å². The van der Waals surface area contributed by atoms with Crippen LogP contribution >= 0.6 is 7.81 Å². The molecule has 0 spiro atoms. The molecule has 0 aromatic carbocycles. The van der Waals surface area contributed by atoms with Crippen LogP contribution in [0.2, 0.25) is 0 Å². The summed E-state index contributed by atoms with van der Waals surface area (Å²) in [5.41, 5.74) is 0. The fourth-order valence-electron chi connectivity index (χ4n) is 0.321. The molecule has 111 valence electrons. The van der Waals surface area contributed by atoms with Gasteiger partial charge in [-0.3, -0.25) is 0 Å². The monoisotopic (exact) mass is 350 g/mol. The summed E-state index contributed by atoms with van der Waals surface area (Å²) in [5.74, 6) is 0. The average molecular weight is 350 g/mol. The minimum Gasteiger partial charge on any atom is -0.0767 e. The number of halogens is 6. The van der Waals surface area contributed by atoms with E-state index in [0.29, 0.717) is 0 Å². The number of hydrogen-bond donors (Lipinski definition) is 0. The van der Waals surface area contributed by atoms with Gasteiger partial charge in [-0.15, -0.1) is 0 Å². The van der Waals surface area contributed by atoms with Crippen LogP contribution in [0.4, 0.5) is 25.2 Å². The van der Waals surface area contributed by atoms with Crippen molar-refractivity contribution in [2.45, 2.75) is 0 Å². The first-order valence-electron chi connectivity index (χ1n) is 3.29. The maximum atomic E-state index is 9.87. The molecule has 0 N–H and O–H groups in total. The van der Waals surface area contributed by atoms with Crippen molar-refractivity contribution < 1.29 is 56.2 Å². The molecule has 11 heteroatoms. The molecule has 0 aromatic rings. The molecule has 1 rings (SSSR count). The van der Waals surface area contributed by atoms with E-state index < -0.39 is 7.81 Å². The second-order valence-corrected chi connectivity index (χ2v) is 3.84. The fraction of sp³-hybridized carbons (Fsp3) is 0. The molecule has 19 heavy (non-hydrogen) atoms. The van der Waals surface area contributed by atoms with Gasteiger partial charge in [0.1, 0.15) is 0 Å². The molecular weight excluding hydrogens is 345 g/mol. The first-order chi connectivity index (χ1) is 7.95. The van der Waals surface area contributed by atoms with Crippen molar-refractivity contribution in [2.24, 2.45) is 0 Å². The van der Waals surface area contributed by atoms with Crippen molar-refractivity contribution in [3.8, 4) is 0 Å². The molecule has 0 fully saturated rings. The van der Waals surface area contributed by atoms with Crippen LogP contribution in [0.1, 0.15) is 0 Å². The molecule has 0 aliphatic heterocycles. The summed E-state index contributed by atoms with van der Waals surface area (Å²) in [5, 5.41) is 0. The summed E-state index contributed by atoms with van der Waals surface area (Å²) in [6.45, 7) is 13.5. The van der Waals surface area contributed by atoms with Crippen molar-refractivity contribution in [1.82, 2.24) is 0 Å². The van der Waals surface area contributed by atoms with Crippen LogP contribution in [0.15, 0.2) is 24.3 Å². The number of rotatable bonds is 0. The Bertz CT molecular complexity index is 290. The molecule has 0 unspecified atom stereocenters. The van der Waals surface area contributed by atoms with E-state index in [2.05, 4.69) is 20.0 Å². The van der Waals surface area contributed by atoms with Gasteiger partial charge in [-0.1, -0.05) is 24.3 Å². The van der Waals surface area contributed by atoms with E-state index in [1.807, 2.05) is 30.7 Å². The van der Waals surface area contributed by atoms with Crippen molar-refractivity contribution in [2.75, 3.05) is 0 Å². The van der Waals surface area contributed by atoms with Crippen LogP contribution in [0.5, 0.6) is 0 Å². The standard InChI is InChI=1S/C5H5.3CO.F6P.Fe/c1-2-4-5-3-1;3*1-2;1-7(2,3,4,5)6;/h1-5H;;;;;/q;;;;-1;. The number of hydrogen-bond acceptors (Lipinski definition) is 0. The summed E-state index contributed by atoms with van der Waals surface area (Å²) in [4.78, 5) is 0. The van der Waals surface area contributed by atoms with E-state index in [1.165, 1.54) is 0 Å². The molecule has 1 aliphatic rings. The quantitative estimate of drug-likeness (QED) is 0.202. The predicted octanol–water partition coefficient (Wildman–Crippen LogP) is 4.58. The van der Waals surface area contributed by atoms with Gasteiger partial charge in [-0.05, 0) is 0 Å². The third-order valence-corrected chi connectivity index (χ3v) is 0.556. The Morgan fingerprint density at radius 1 is 0.579 bits per heavy atom. The molecule has 1 aliphatic carbocycles. The Balaban J connectivity index is -0.0000000482. The van der Waals surface area contributed by atoms with E-state index in [0.717, 1.165) is 0 Å². The van der Waals surface area contributed by atoms with Gasteiger partial charge in [0, 0.05) is 23.5 Å². The molecule has 0 heterocycles. The van der Waals surface area contributed by atoms with Crippen LogP contribution < -0.4 is 0 Å². The molecule has 0 saturated heterocycles. The van der Waals surface area contributed by atoms with E-state index in [4.69, 9.17) is 14.0 Å². The van der Waals surface area contributed by atoms with Crippen molar-refractivity contribution in [1.29, 1.82) is 0 Å². The third-order valence-electron chi connectivity index (χ3n) is 0.556. The zero-order valence-electron chi connectivity index (χ0n) is 8.68. The van der Waals surface area contributed by atoms with Crippen molar-refractivity contribution in [3.63, 3.8) is 0 Å². The number of allylic oxidation sites excluding steroid dienone is 4. The first kappa shape index (κ1) is 30.9. The normalized spacial score (nSPS) is 13.5. The average Bonchev–Trinajstić information content (AvgIpc) is 2.79. The van der Waals surface area contributed by atoms with Crippen LogP contribution in [-0.2, 0) is 31.0 Å². The van der Waals surface area contributed by atoms with E-state index >= 15 is 0 Å². The second kappa shape index (κ2) is 12.3. The van der Waals surface area contributed by atoms with Crippen LogP contribution in [0, 0.1) is 26.4 Å². The zero-order chi connectivity index (χ0) is 15.9. The van der Waals surface area contributed by atoms with Gasteiger partial charge in [-0.25, -0.2) is 0 Å². The molecule has 0 saturated carbocycles. The Labute approximate surface area is 115 Å². The zero-order valence-corrected chi connectivity index (χ0v) is 10.7. The molecule has 1 radical (unpaired) electrons. The van der Waals surface area contributed by atoms with Crippen molar-refractivity contribution in [3.05, 3.63) is 50.7 Å². The van der Waals surface area contributed by atoms with Crippen LogP contribution in [-0.4, -0.2) is 0 Å². The maximum absolute atomic E-state index is 10.7. The molecule has 0 atom stereocenters. The van der Waals surface area contributed by atoms with Gasteiger partial charge in [0.25, 0.3) is 0 Å². The van der Waals surface area contributed by atoms with Gasteiger partial charge >= 0.3 is 66.9 Å². The van der Waals surface area contributed by atoms with Gasteiger partial charge < -0.3 is 0 Å². The fourth-order valence-corrected chi connectivity index (χ4v) is 0.321. The smallest absolute Gasteiger partial charge is 0.00506 e. The minimum atomic E-state index is -10.7. The minimum absolute atomic E-state index is 0. The Hall–Kier alpha value is -0.771. The molecular formula is C8H5F6FeO3P-. The van der Waals surface area contributed by atoms with E-state index in [9.17, 15) is 25.2 Å². The molecule has 0 bridgehead atoms. The van der Waals surface area contributed by atoms with Gasteiger partial charge in [0.15, 0.2) is 0 Å². The second-order valence-electron chi connectivity index (χ2n) is 1.92. The van der Waals surface area contributed by atoms with Gasteiger partial charge in [0.05, 0.1) is 0 Å². The summed E-state index contributed by atoms with van der Waals surface area (Å²) < 4.78 is 81.7. The van der Waals surface area contributed by atoms with Crippen molar-refractivity contribution >= 4 is 7.81 Å². The molecule has 3 nitrogen and oxygen atoms in total. The summed E-state index contributed by atoms with van der Waals surface area (Å²) >= 11 is 0. The summed E-state index contributed by atoms with van der Waals surface area (Å²) in [6.07, 6.45) is 10.0. The topological polar surface area (TPSA) is 59.7 Å². The van der Waals surface area contributed by atoms with Crippen LogP contribution in [0.3, 0.4) is 0 Å². The third kappa shape index (κ3) is 223. The Morgan fingerprint density at radius 3 is 0.789 bits per heavy atom. The Kier molecular flexibility index (Phi) is 20.0. The van der Waals surface area contributed by atoms with Crippen LogP contribution in [0.25, 0.3) is 0 Å². The largest absolute Gasteiger partial charge is 0.0767 e. The molecule has 0 amide bonds. The Morgan fingerprint density at radius 2 is 0.737 bits per heavy atom. The first-order valence-corrected chi connectivity index (χ1v) is 5.32. The summed E-state index contributed by atoms with van der Waals surface area (Å²) in [6, 6.07) is 0. The maximum Gasteiger partial charge on any atom is 0.00506 e. The molecule has 0 aromatic heterocycles.